The summed E-state index contributed by atoms with van der Waals surface area (Å²) in [6.45, 7) is 6.54. The molecule has 0 spiro atoms. The van der Waals surface area contributed by atoms with E-state index in [1.165, 1.54) is 0 Å². The second-order valence-corrected chi connectivity index (χ2v) is 7.40. The van der Waals surface area contributed by atoms with E-state index >= 15 is 0 Å². The molecule has 0 saturated carbocycles. The lowest BCUT2D eigenvalue weighted by Crippen LogP contribution is -2.52. The Bertz CT molecular complexity index is 797. The van der Waals surface area contributed by atoms with Crippen LogP contribution in [0, 0.1) is 5.92 Å². The summed E-state index contributed by atoms with van der Waals surface area (Å²) >= 11 is 0. The first kappa shape index (κ1) is 20.7. The molecule has 2 amide bonds. The van der Waals surface area contributed by atoms with Gasteiger partial charge in [-0.2, -0.15) is 0 Å². The fraction of sp³-hybridized carbons (Fsp3) is 0.391. The van der Waals surface area contributed by atoms with E-state index in [2.05, 4.69) is 0 Å². The van der Waals surface area contributed by atoms with Crippen molar-refractivity contribution in [3.8, 4) is 11.5 Å². The lowest BCUT2D eigenvalue weighted by molar-refractivity contribution is -0.142. The van der Waals surface area contributed by atoms with Crippen LogP contribution in [-0.4, -0.2) is 54.4 Å². The van der Waals surface area contributed by atoms with Gasteiger partial charge in [0.2, 0.25) is 5.91 Å². The van der Waals surface area contributed by atoms with Crippen LogP contribution < -0.4 is 9.47 Å². The SMILES string of the molecule is CC(C)C(=O)N1CCN(C(=O)COc2ccc(OCc3ccccc3)cc2)CC1. The quantitative estimate of drug-likeness (QED) is 0.722. The Morgan fingerprint density at radius 2 is 1.38 bits per heavy atom. The first-order chi connectivity index (χ1) is 14.0. The van der Waals surface area contributed by atoms with Crippen molar-refractivity contribution >= 4 is 11.8 Å². The van der Waals surface area contributed by atoms with Gasteiger partial charge in [0.1, 0.15) is 18.1 Å². The molecule has 2 aromatic rings. The van der Waals surface area contributed by atoms with Crippen molar-refractivity contribution in [1.82, 2.24) is 9.80 Å². The van der Waals surface area contributed by atoms with Crippen LogP contribution in [0.25, 0.3) is 0 Å². The van der Waals surface area contributed by atoms with Gasteiger partial charge in [0.15, 0.2) is 6.61 Å². The molecule has 1 aliphatic rings. The van der Waals surface area contributed by atoms with E-state index < -0.39 is 0 Å². The van der Waals surface area contributed by atoms with Crippen molar-refractivity contribution in [2.75, 3.05) is 32.8 Å². The summed E-state index contributed by atoms with van der Waals surface area (Å²) in [5.41, 5.74) is 1.11. The number of hydrogen-bond acceptors (Lipinski definition) is 4. The molecule has 3 rings (SSSR count). The summed E-state index contributed by atoms with van der Waals surface area (Å²) in [6.07, 6.45) is 0. The molecule has 6 nitrogen and oxygen atoms in total. The number of amides is 2. The topological polar surface area (TPSA) is 59.1 Å². The van der Waals surface area contributed by atoms with Crippen LogP contribution in [0.15, 0.2) is 54.6 Å². The zero-order valence-electron chi connectivity index (χ0n) is 17.0. The minimum Gasteiger partial charge on any atom is -0.489 e. The van der Waals surface area contributed by atoms with Gasteiger partial charge in [-0.3, -0.25) is 9.59 Å². The monoisotopic (exact) mass is 396 g/mol. The summed E-state index contributed by atoms with van der Waals surface area (Å²) in [7, 11) is 0. The fourth-order valence-electron chi connectivity index (χ4n) is 3.15. The third-order valence-electron chi connectivity index (χ3n) is 4.87. The molecule has 0 unspecified atom stereocenters. The lowest BCUT2D eigenvalue weighted by Gasteiger charge is -2.35. The molecule has 154 valence electrons. The first-order valence-corrected chi connectivity index (χ1v) is 9.99. The number of carbonyl (C=O) groups excluding carboxylic acids is 2. The van der Waals surface area contributed by atoms with E-state index in [9.17, 15) is 9.59 Å². The molecule has 2 aromatic carbocycles. The summed E-state index contributed by atoms with van der Waals surface area (Å²) in [5.74, 6) is 1.44. The van der Waals surface area contributed by atoms with Gasteiger partial charge in [-0.25, -0.2) is 0 Å². The standard InChI is InChI=1S/C23H28N2O4/c1-18(2)23(27)25-14-12-24(13-15-25)22(26)17-29-21-10-8-20(9-11-21)28-16-19-6-4-3-5-7-19/h3-11,18H,12-17H2,1-2H3. The zero-order valence-corrected chi connectivity index (χ0v) is 17.0. The average molecular weight is 396 g/mol. The molecule has 29 heavy (non-hydrogen) atoms. The van der Waals surface area contributed by atoms with Gasteiger partial charge in [0, 0.05) is 32.1 Å². The molecule has 0 atom stereocenters. The molecule has 0 aliphatic carbocycles. The van der Waals surface area contributed by atoms with Crippen molar-refractivity contribution in [1.29, 1.82) is 0 Å². The second kappa shape index (κ2) is 9.96. The first-order valence-electron chi connectivity index (χ1n) is 9.99. The Morgan fingerprint density at radius 3 is 1.97 bits per heavy atom. The number of hydrogen-bond donors (Lipinski definition) is 0. The highest BCUT2D eigenvalue weighted by molar-refractivity contribution is 5.80. The van der Waals surface area contributed by atoms with Crippen LogP contribution in [0.3, 0.4) is 0 Å². The van der Waals surface area contributed by atoms with E-state index in [0.29, 0.717) is 38.5 Å². The van der Waals surface area contributed by atoms with Gasteiger partial charge in [-0.15, -0.1) is 0 Å². The normalized spacial score (nSPS) is 14.0. The molecule has 1 saturated heterocycles. The Balaban J connectivity index is 1.41. The van der Waals surface area contributed by atoms with Crippen molar-refractivity contribution < 1.29 is 19.1 Å². The zero-order chi connectivity index (χ0) is 20.6. The maximum atomic E-state index is 12.4. The highest BCUT2D eigenvalue weighted by Gasteiger charge is 2.25. The fourth-order valence-corrected chi connectivity index (χ4v) is 3.15. The summed E-state index contributed by atoms with van der Waals surface area (Å²) in [6, 6.07) is 17.2. The predicted octanol–water partition coefficient (Wildman–Crippen LogP) is 2.97. The van der Waals surface area contributed by atoms with Crippen LogP contribution in [0.1, 0.15) is 19.4 Å². The smallest absolute Gasteiger partial charge is 0.260 e. The van der Waals surface area contributed by atoms with Gasteiger partial charge in [-0.1, -0.05) is 44.2 Å². The molecule has 1 fully saturated rings. The lowest BCUT2D eigenvalue weighted by atomic mass is 10.1. The van der Waals surface area contributed by atoms with Crippen LogP contribution in [-0.2, 0) is 16.2 Å². The molecule has 0 N–H and O–H groups in total. The molecule has 1 aliphatic heterocycles. The number of nitrogens with zero attached hydrogens (tertiary/aromatic N) is 2. The highest BCUT2D eigenvalue weighted by atomic mass is 16.5. The van der Waals surface area contributed by atoms with Crippen molar-refractivity contribution in [2.45, 2.75) is 20.5 Å². The van der Waals surface area contributed by atoms with Gasteiger partial charge < -0.3 is 19.3 Å². The Labute approximate surface area is 172 Å². The Kier molecular flexibility index (Phi) is 7.11. The van der Waals surface area contributed by atoms with Gasteiger partial charge >= 0.3 is 0 Å². The third kappa shape index (κ3) is 5.98. The molecule has 6 heteroatoms. The number of rotatable bonds is 7. The maximum Gasteiger partial charge on any atom is 0.260 e. The Hall–Kier alpha value is -3.02. The van der Waals surface area contributed by atoms with E-state index in [1.54, 1.807) is 17.0 Å². The summed E-state index contributed by atoms with van der Waals surface area (Å²) in [5, 5.41) is 0. The number of benzene rings is 2. The third-order valence-corrected chi connectivity index (χ3v) is 4.87. The average Bonchev–Trinajstić information content (AvgIpc) is 2.77. The molecule has 0 bridgehead atoms. The molecular weight excluding hydrogens is 368 g/mol. The second-order valence-electron chi connectivity index (χ2n) is 7.40. The number of piperazine rings is 1. The van der Waals surface area contributed by atoms with E-state index in [-0.39, 0.29) is 24.3 Å². The minimum atomic E-state index is -0.0638. The largest absolute Gasteiger partial charge is 0.489 e. The van der Waals surface area contributed by atoms with Crippen LogP contribution >= 0.6 is 0 Å². The van der Waals surface area contributed by atoms with Crippen LogP contribution in [0.5, 0.6) is 11.5 Å². The molecular formula is C23H28N2O4. The van der Waals surface area contributed by atoms with Gasteiger partial charge in [0.05, 0.1) is 0 Å². The molecule has 0 aromatic heterocycles. The minimum absolute atomic E-state index is 0.0116. The van der Waals surface area contributed by atoms with Crippen LogP contribution in [0.4, 0.5) is 0 Å². The maximum absolute atomic E-state index is 12.4. The molecule has 1 heterocycles. The van der Waals surface area contributed by atoms with E-state index in [0.717, 1.165) is 11.3 Å². The number of carbonyl (C=O) groups is 2. The predicted molar refractivity (Wildman–Crippen MR) is 111 cm³/mol. The molecule has 0 radical (unpaired) electrons. The van der Waals surface area contributed by atoms with Crippen molar-refractivity contribution in [2.24, 2.45) is 5.92 Å². The van der Waals surface area contributed by atoms with Crippen molar-refractivity contribution in [3.05, 3.63) is 60.2 Å². The van der Waals surface area contributed by atoms with Crippen molar-refractivity contribution in [3.63, 3.8) is 0 Å². The van der Waals surface area contributed by atoms with Gasteiger partial charge in [-0.05, 0) is 29.8 Å². The van der Waals surface area contributed by atoms with E-state index in [1.807, 2.05) is 61.2 Å². The Morgan fingerprint density at radius 1 is 0.828 bits per heavy atom. The van der Waals surface area contributed by atoms with Gasteiger partial charge in [0.25, 0.3) is 5.91 Å². The summed E-state index contributed by atoms with van der Waals surface area (Å²) in [4.78, 5) is 28.0. The number of ether oxygens (including phenoxy) is 2. The van der Waals surface area contributed by atoms with E-state index in [4.69, 9.17) is 9.47 Å². The highest BCUT2D eigenvalue weighted by Crippen LogP contribution is 2.19. The summed E-state index contributed by atoms with van der Waals surface area (Å²) < 4.78 is 11.4. The van der Waals surface area contributed by atoms with Crippen LogP contribution in [0.2, 0.25) is 0 Å².